The fraction of sp³-hybridized carbons (Fsp3) is 0.867. The summed E-state index contributed by atoms with van der Waals surface area (Å²) in [6.45, 7) is 10.1. The summed E-state index contributed by atoms with van der Waals surface area (Å²) >= 11 is 0. The molecule has 0 saturated carbocycles. The minimum absolute atomic E-state index is 0.0807. The molecule has 1 unspecified atom stereocenters. The zero-order chi connectivity index (χ0) is 16.0. The summed E-state index contributed by atoms with van der Waals surface area (Å²) in [6.07, 6.45) is 1.98. The monoisotopic (exact) mass is 286 g/mol. The van der Waals surface area contributed by atoms with Crippen LogP contribution in [0.1, 0.15) is 60.3 Å². The predicted molar refractivity (Wildman–Crippen MR) is 80.3 cm³/mol. The maximum absolute atomic E-state index is 11.9. The molecule has 5 nitrogen and oxygen atoms in total. The van der Waals surface area contributed by atoms with E-state index >= 15 is 0 Å². The molecule has 0 aromatic heterocycles. The predicted octanol–water partition coefficient (Wildman–Crippen LogP) is 2.15. The third-order valence-corrected chi connectivity index (χ3v) is 3.75. The lowest BCUT2D eigenvalue weighted by atomic mass is 9.82. The van der Waals surface area contributed by atoms with Crippen LogP contribution < -0.4 is 11.1 Å². The molecular weight excluding hydrogens is 256 g/mol. The number of carboxylic acids is 1. The zero-order valence-corrected chi connectivity index (χ0v) is 13.5. The summed E-state index contributed by atoms with van der Waals surface area (Å²) < 4.78 is 0. The van der Waals surface area contributed by atoms with Crippen LogP contribution in [0.25, 0.3) is 0 Å². The standard InChI is InChI=1S/C15H30N2O3/c1-6-15(7-2,13(19)20)10-17-12(18)8-11(16)9-14(3,4)5/h11H,6-10,16H2,1-5H3,(H,17,18)(H,19,20). The normalized spacial score (nSPS) is 13.9. The largest absolute Gasteiger partial charge is 0.481 e. The van der Waals surface area contributed by atoms with Crippen LogP contribution in [-0.2, 0) is 9.59 Å². The van der Waals surface area contributed by atoms with Gasteiger partial charge in [0.25, 0.3) is 0 Å². The van der Waals surface area contributed by atoms with E-state index < -0.39 is 11.4 Å². The molecule has 5 heteroatoms. The third-order valence-electron chi connectivity index (χ3n) is 3.75. The molecule has 0 aliphatic carbocycles. The lowest BCUT2D eigenvalue weighted by Gasteiger charge is -2.27. The third kappa shape index (κ3) is 6.37. The summed E-state index contributed by atoms with van der Waals surface area (Å²) in [6, 6.07) is -0.197. The molecule has 1 amide bonds. The SMILES string of the molecule is CCC(CC)(CNC(=O)CC(N)CC(C)(C)C)C(=O)O. The number of hydrogen-bond acceptors (Lipinski definition) is 3. The summed E-state index contributed by atoms with van der Waals surface area (Å²) in [5, 5.41) is 12.0. The molecule has 20 heavy (non-hydrogen) atoms. The number of carbonyl (C=O) groups excluding carboxylic acids is 1. The first-order valence-electron chi connectivity index (χ1n) is 7.32. The minimum Gasteiger partial charge on any atom is -0.481 e. The van der Waals surface area contributed by atoms with Gasteiger partial charge >= 0.3 is 5.97 Å². The summed E-state index contributed by atoms with van der Waals surface area (Å²) in [5.41, 5.74) is 5.16. The van der Waals surface area contributed by atoms with Gasteiger partial charge in [-0.15, -0.1) is 0 Å². The second-order valence-electron chi connectivity index (χ2n) is 6.80. The van der Waals surface area contributed by atoms with Crippen molar-refractivity contribution in [1.82, 2.24) is 5.32 Å². The van der Waals surface area contributed by atoms with E-state index in [9.17, 15) is 14.7 Å². The van der Waals surface area contributed by atoms with Gasteiger partial charge in [0.15, 0.2) is 0 Å². The van der Waals surface area contributed by atoms with Crippen molar-refractivity contribution in [2.45, 2.75) is 66.3 Å². The first-order valence-corrected chi connectivity index (χ1v) is 7.32. The van der Waals surface area contributed by atoms with Gasteiger partial charge in [-0.25, -0.2) is 0 Å². The Morgan fingerprint density at radius 2 is 1.70 bits per heavy atom. The van der Waals surface area contributed by atoms with Gasteiger partial charge in [-0.05, 0) is 24.7 Å². The van der Waals surface area contributed by atoms with Crippen molar-refractivity contribution in [3.63, 3.8) is 0 Å². The number of carboxylic acid groups (broad SMARTS) is 1. The van der Waals surface area contributed by atoms with Gasteiger partial charge in [0, 0.05) is 19.0 Å². The van der Waals surface area contributed by atoms with Gasteiger partial charge in [-0.2, -0.15) is 0 Å². The number of carbonyl (C=O) groups is 2. The van der Waals surface area contributed by atoms with Crippen LogP contribution in [-0.4, -0.2) is 29.6 Å². The highest BCUT2D eigenvalue weighted by Gasteiger charge is 2.35. The van der Waals surface area contributed by atoms with Gasteiger partial charge in [0.05, 0.1) is 5.41 Å². The van der Waals surface area contributed by atoms with E-state index in [1.807, 2.05) is 13.8 Å². The lowest BCUT2D eigenvalue weighted by molar-refractivity contribution is -0.149. The van der Waals surface area contributed by atoms with Crippen LogP contribution in [0.5, 0.6) is 0 Å². The fourth-order valence-electron chi connectivity index (χ4n) is 2.31. The molecule has 118 valence electrons. The fourth-order valence-corrected chi connectivity index (χ4v) is 2.31. The Kier molecular flexibility index (Phi) is 7.20. The van der Waals surface area contributed by atoms with Crippen LogP contribution >= 0.6 is 0 Å². The highest BCUT2D eigenvalue weighted by Crippen LogP contribution is 2.26. The second kappa shape index (κ2) is 7.62. The molecule has 0 aliphatic rings. The number of hydrogen-bond donors (Lipinski definition) is 3. The number of amides is 1. The maximum Gasteiger partial charge on any atom is 0.311 e. The minimum atomic E-state index is -0.871. The lowest BCUT2D eigenvalue weighted by Crippen LogP contribution is -2.43. The second-order valence-corrected chi connectivity index (χ2v) is 6.80. The molecule has 1 atom stereocenters. The average Bonchev–Trinajstić information content (AvgIpc) is 2.27. The Morgan fingerprint density at radius 1 is 1.20 bits per heavy atom. The number of nitrogens with one attached hydrogen (secondary N) is 1. The van der Waals surface area contributed by atoms with E-state index in [2.05, 4.69) is 26.1 Å². The van der Waals surface area contributed by atoms with Gasteiger partial charge in [-0.3, -0.25) is 9.59 Å². The van der Waals surface area contributed by atoms with Gasteiger partial charge in [0.1, 0.15) is 0 Å². The van der Waals surface area contributed by atoms with Crippen LogP contribution in [0, 0.1) is 10.8 Å². The van der Waals surface area contributed by atoms with Crippen molar-refractivity contribution in [2.24, 2.45) is 16.6 Å². The first kappa shape index (κ1) is 18.9. The molecule has 0 rings (SSSR count). The highest BCUT2D eigenvalue weighted by atomic mass is 16.4. The van der Waals surface area contributed by atoms with Gasteiger partial charge in [0.2, 0.25) is 5.91 Å². The average molecular weight is 286 g/mol. The summed E-state index contributed by atoms with van der Waals surface area (Å²) in [7, 11) is 0. The van der Waals surface area contributed by atoms with E-state index in [4.69, 9.17) is 5.73 Å². The maximum atomic E-state index is 11.9. The Hall–Kier alpha value is -1.10. The van der Waals surface area contributed by atoms with E-state index in [0.29, 0.717) is 12.8 Å². The summed E-state index contributed by atoms with van der Waals surface area (Å²) in [5.74, 6) is -1.03. The van der Waals surface area contributed by atoms with Crippen molar-refractivity contribution >= 4 is 11.9 Å². The van der Waals surface area contributed by atoms with E-state index in [1.54, 1.807) is 0 Å². The van der Waals surface area contributed by atoms with E-state index in [1.165, 1.54) is 0 Å². The van der Waals surface area contributed by atoms with Crippen LogP contribution in [0.2, 0.25) is 0 Å². The van der Waals surface area contributed by atoms with Crippen LogP contribution in [0.15, 0.2) is 0 Å². The Morgan fingerprint density at radius 3 is 2.05 bits per heavy atom. The van der Waals surface area contributed by atoms with Crippen molar-refractivity contribution in [3.8, 4) is 0 Å². The van der Waals surface area contributed by atoms with Gasteiger partial charge in [-0.1, -0.05) is 34.6 Å². The quantitative estimate of drug-likeness (QED) is 0.637. The highest BCUT2D eigenvalue weighted by molar-refractivity contribution is 5.79. The molecule has 0 aliphatic heterocycles. The Bertz CT molecular complexity index is 331. The van der Waals surface area contributed by atoms with E-state index in [-0.39, 0.29) is 30.3 Å². The smallest absolute Gasteiger partial charge is 0.311 e. The van der Waals surface area contributed by atoms with Crippen LogP contribution in [0.4, 0.5) is 0 Å². The van der Waals surface area contributed by atoms with E-state index in [0.717, 1.165) is 6.42 Å². The van der Waals surface area contributed by atoms with Crippen molar-refractivity contribution < 1.29 is 14.7 Å². The molecule has 0 saturated heterocycles. The molecule has 0 bridgehead atoms. The number of aliphatic carboxylic acids is 1. The molecular formula is C15H30N2O3. The number of nitrogens with two attached hydrogens (primary N) is 1. The van der Waals surface area contributed by atoms with Crippen LogP contribution in [0.3, 0.4) is 0 Å². The summed E-state index contributed by atoms with van der Waals surface area (Å²) in [4.78, 5) is 23.2. The van der Waals surface area contributed by atoms with Crippen molar-refractivity contribution in [3.05, 3.63) is 0 Å². The Labute approximate surface area is 122 Å². The first-order chi connectivity index (χ1) is 9.06. The molecule has 4 N–H and O–H groups in total. The molecule has 0 aromatic carbocycles. The van der Waals surface area contributed by atoms with Gasteiger partial charge < -0.3 is 16.2 Å². The zero-order valence-electron chi connectivity index (χ0n) is 13.5. The van der Waals surface area contributed by atoms with Crippen molar-refractivity contribution in [2.75, 3.05) is 6.54 Å². The molecule has 0 spiro atoms. The Balaban J connectivity index is 4.38. The topological polar surface area (TPSA) is 92.4 Å². The molecule has 0 heterocycles. The van der Waals surface area contributed by atoms with Crippen molar-refractivity contribution in [1.29, 1.82) is 0 Å². The molecule has 0 fully saturated rings. The molecule has 0 radical (unpaired) electrons. The number of rotatable bonds is 8. The molecule has 0 aromatic rings.